The van der Waals surface area contributed by atoms with Crippen molar-refractivity contribution in [1.29, 1.82) is 0 Å². The van der Waals surface area contributed by atoms with Gasteiger partial charge in [-0.3, -0.25) is 14.5 Å². The Kier molecular flexibility index (Phi) is 7.05. The van der Waals surface area contributed by atoms with Gasteiger partial charge in [0.25, 0.3) is 0 Å². The lowest BCUT2D eigenvalue weighted by molar-refractivity contribution is -0.128. The zero-order chi connectivity index (χ0) is 21.0. The summed E-state index contributed by atoms with van der Waals surface area (Å²) in [5.41, 5.74) is 1.18. The van der Waals surface area contributed by atoms with Gasteiger partial charge in [-0.05, 0) is 49.4 Å². The van der Waals surface area contributed by atoms with E-state index in [-0.39, 0.29) is 18.2 Å². The van der Waals surface area contributed by atoms with Crippen LogP contribution in [0.5, 0.6) is 5.75 Å². The van der Waals surface area contributed by atoms with E-state index in [1.807, 2.05) is 19.1 Å². The number of hydrogen-bond acceptors (Lipinski definition) is 5. The molecule has 1 fully saturated rings. The number of halogens is 2. The van der Waals surface area contributed by atoms with Gasteiger partial charge in [0.05, 0.1) is 22.3 Å². The zero-order valence-electron chi connectivity index (χ0n) is 15.8. The Hall–Kier alpha value is -2.22. The Balaban J connectivity index is 1.75. The van der Waals surface area contributed by atoms with E-state index in [0.29, 0.717) is 33.2 Å². The van der Waals surface area contributed by atoms with Crippen molar-refractivity contribution in [2.24, 2.45) is 4.99 Å². The van der Waals surface area contributed by atoms with Gasteiger partial charge in [0.1, 0.15) is 11.0 Å². The molecule has 6 nitrogen and oxygen atoms in total. The molecular formula is C20H19Cl2N3O3S. The topological polar surface area (TPSA) is 71.0 Å². The average Bonchev–Trinajstić information content (AvgIpc) is 2.69. The molecule has 3 rings (SSSR count). The van der Waals surface area contributed by atoms with Crippen LogP contribution >= 0.6 is 35.0 Å². The number of thioether (sulfide) groups is 1. The SMILES string of the molecule is CCOc1ccc(N=C2SC(C(=O)Nc3ccc(Cl)c(Cl)c3)CC(=O)N2C)cc1. The number of aliphatic imine (C=N–C) groups is 1. The highest BCUT2D eigenvalue weighted by atomic mass is 35.5. The summed E-state index contributed by atoms with van der Waals surface area (Å²) in [5.74, 6) is 0.271. The summed E-state index contributed by atoms with van der Waals surface area (Å²) < 4.78 is 5.42. The van der Waals surface area contributed by atoms with Gasteiger partial charge < -0.3 is 10.1 Å². The molecule has 1 saturated heterocycles. The second-order valence-electron chi connectivity index (χ2n) is 6.20. The minimum Gasteiger partial charge on any atom is -0.494 e. The number of amides is 2. The van der Waals surface area contributed by atoms with E-state index < -0.39 is 5.25 Å². The van der Waals surface area contributed by atoms with Crippen LogP contribution in [0.1, 0.15) is 13.3 Å². The third-order valence-electron chi connectivity index (χ3n) is 4.12. The maximum Gasteiger partial charge on any atom is 0.238 e. The first kappa shape index (κ1) is 21.5. The molecule has 2 amide bonds. The van der Waals surface area contributed by atoms with Gasteiger partial charge in [-0.1, -0.05) is 35.0 Å². The van der Waals surface area contributed by atoms with E-state index in [1.165, 1.54) is 16.7 Å². The number of carbonyl (C=O) groups is 2. The quantitative estimate of drug-likeness (QED) is 0.695. The predicted molar refractivity (Wildman–Crippen MR) is 119 cm³/mol. The molecule has 29 heavy (non-hydrogen) atoms. The van der Waals surface area contributed by atoms with Crippen molar-refractivity contribution < 1.29 is 14.3 Å². The average molecular weight is 452 g/mol. The number of nitrogens with zero attached hydrogens (tertiary/aromatic N) is 2. The fourth-order valence-corrected chi connectivity index (χ4v) is 3.95. The number of hydrogen-bond donors (Lipinski definition) is 1. The van der Waals surface area contributed by atoms with Crippen LogP contribution in [0, 0.1) is 0 Å². The van der Waals surface area contributed by atoms with E-state index in [4.69, 9.17) is 27.9 Å². The van der Waals surface area contributed by atoms with Gasteiger partial charge >= 0.3 is 0 Å². The molecule has 2 aromatic carbocycles. The van der Waals surface area contributed by atoms with Crippen molar-refractivity contribution in [2.75, 3.05) is 19.0 Å². The van der Waals surface area contributed by atoms with Gasteiger partial charge in [0.2, 0.25) is 11.8 Å². The Bertz CT molecular complexity index is 950. The smallest absolute Gasteiger partial charge is 0.238 e. The van der Waals surface area contributed by atoms with Crippen molar-refractivity contribution in [3.63, 3.8) is 0 Å². The molecule has 1 heterocycles. The molecule has 0 radical (unpaired) electrons. The van der Waals surface area contributed by atoms with Crippen LogP contribution < -0.4 is 10.1 Å². The van der Waals surface area contributed by atoms with Crippen molar-refractivity contribution in [1.82, 2.24) is 4.90 Å². The van der Waals surface area contributed by atoms with E-state index in [1.54, 1.807) is 37.4 Å². The van der Waals surface area contributed by atoms with Crippen molar-refractivity contribution in [2.45, 2.75) is 18.6 Å². The summed E-state index contributed by atoms with van der Waals surface area (Å²) in [4.78, 5) is 31.1. The summed E-state index contributed by atoms with van der Waals surface area (Å²) in [6.07, 6.45) is 0.0800. The number of nitrogens with one attached hydrogen (secondary N) is 1. The normalized spacial score (nSPS) is 18.1. The van der Waals surface area contributed by atoms with Crippen LogP contribution in [0.3, 0.4) is 0 Å². The molecule has 1 N–H and O–H groups in total. The lowest BCUT2D eigenvalue weighted by atomic mass is 10.2. The van der Waals surface area contributed by atoms with Gasteiger partial charge in [-0.15, -0.1) is 0 Å². The standard InChI is InChI=1S/C20H19Cl2N3O3S/c1-3-28-14-7-4-12(5-8-14)24-20-25(2)18(26)11-17(29-20)19(27)23-13-6-9-15(21)16(22)10-13/h4-10,17H,3,11H2,1-2H3,(H,23,27). The molecule has 0 bridgehead atoms. The van der Waals surface area contributed by atoms with E-state index >= 15 is 0 Å². The summed E-state index contributed by atoms with van der Waals surface area (Å²) >= 11 is 13.1. The summed E-state index contributed by atoms with van der Waals surface area (Å²) in [6, 6.07) is 12.1. The second-order valence-corrected chi connectivity index (χ2v) is 8.19. The maximum atomic E-state index is 12.7. The Morgan fingerprint density at radius 2 is 1.97 bits per heavy atom. The molecule has 1 atom stereocenters. The van der Waals surface area contributed by atoms with Gasteiger partial charge in [0, 0.05) is 19.2 Å². The maximum absolute atomic E-state index is 12.7. The summed E-state index contributed by atoms with van der Waals surface area (Å²) in [7, 11) is 1.65. The number of ether oxygens (including phenoxy) is 1. The van der Waals surface area contributed by atoms with Crippen LogP contribution in [0.4, 0.5) is 11.4 Å². The molecule has 1 aliphatic rings. The third kappa shape index (κ3) is 5.44. The molecule has 0 spiro atoms. The lowest BCUT2D eigenvalue weighted by Crippen LogP contribution is -2.43. The highest BCUT2D eigenvalue weighted by Crippen LogP contribution is 2.30. The first-order chi connectivity index (χ1) is 13.9. The Morgan fingerprint density at radius 3 is 2.62 bits per heavy atom. The zero-order valence-corrected chi connectivity index (χ0v) is 18.1. The number of anilines is 1. The predicted octanol–water partition coefficient (Wildman–Crippen LogP) is 4.98. The van der Waals surface area contributed by atoms with Crippen LogP contribution in [0.2, 0.25) is 10.0 Å². The molecule has 0 aliphatic carbocycles. The summed E-state index contributed by atoms with van der Waals surface area (Å²) in [5, 5.41) is 3.37. The number of benzene rings is 2. The Morgan fingerprint density at radius 1 is 1.24 bits per heavy atom. The summed E-state index contributed by atoms with van der Waals surface area (Å²) in [6.45, 7) is 2.49. The van der Waals surface area contributed by atoms with Gasteiger partial charge in [-0.25, -0.2) is 4.99 Å². The molecular weight excluding hydrogens is 433 g/mol. The van der Waals surface area contributed by atoms with Crippen LogP contribution in [0.15, 0.2) is 47.5 Å². The molecule has 1 aliphatic heterocycles. The van der Waals surface area contributed by atoms with Gasteiger partial charge in [-0.2, -0.15) is 0 Å². The fraction of sp³-hybridized carbons (Fsp3) is 0.250. The second kappa shape index (κ2) is 9.52. The molecule has 152 valence electrons. The van der Waals surface area contributed by atoms with E-state index in [2.05, 4.69) is 10.3 Å². The molecule has 0 aromatic heterocycles. The van der Waals surface area contributed by atoms with Crippen molar-refractivity contribution in [3.05, 3.63) is 52.5 Å². The third-order valence-corrected chi connectivity index (χ3v) is 6.10. The number of carbonyl (C=O) groups excluding carboxylic acids is 2. The van der Waals surface area contributed by atoms with Crippen LogP contribution in [-0.2, 0) is 9.59 Å². The highest BCUT2D eigenvalue weighted by molar-refractivity contribution is 8.15. The number of rotatable bonds is 5. The van der Waals surface area contributed by atoms with Gasteiger partial charge in [0.15, 0.2) is 5.17 Å². The van der Waals surface area contributed by atoms with Crippen molar-refractivity contribution in [3.8, 4) is 5.75 Å². The minimum atomic E-state index is -0.602. The number of amidine groups is 1. The van der Waals surface area contributed by atoms with Crippen LogP contribution in [0.25, 0.3) is 0 Å². The van der Waals surface area contributed by atoms with E-state index in [0.717, 1.165) is 5.75 Å². The monoisotopic (exact) mass is 451 g/mol. The Labute approximate surface area is 183 Å². The fourth-order valence-electron chi connectivity index (χ4n) is 2.59. The van der Waals surface area contributed by atoms with Crippen molar-refractivity contribution >= 4 is 63.3 Å². The van der Waals surface area contributed by atoms with Crippen LogP contribution in [-0.4, -0.2) is 40.8 Å². The lowest BCUT2D eigenvalue weighted by Gasteiger charge is -2.28. The first-order valence-electron chi connectivity index (χ1n) is 8.88. The molecule has 0 saturated carbocycles. The van der Waals surface area contributed by atoms with E-state index in [9.17, 15) is 9.59 Å². The highest BCUT2D eigenvalue weighted by Gasteiger charge is 2.34. The largest absolute Gasteiger partial charge is 0.494 e. The molecule has 9 heteroatoms. The minimum absolute atomic E-state index is 0.0800. The molecule has 2 aromatic rings. The molecule has 1 unspecified atom stereocenters. The first-order valence-corrected chi connectivity index (χ1v) is 10.5.